The Labute approximate surface area is 126 Å². The number of aromatic nitrogens is 1. The fourth-order valence-electron chi connectivity index (χ4n) is 2.54. The minimum Gasteiger partial charge on any atom is -0.478 e. The third-order valence-corrected chi connectivity index (χ3v) is 3.66. The van der Waals surface area contributed by atoms with Crippen molar-refractivity contribution in [2.45, 2.75) is 19.9 Å². The molecule has 0 fully saturated rings. The molecule has 1 aromatic heterocycles. The van der Waals surface area contributed by atoms with Gasteiger partial charge in [0.05, 0.1) is 18.7 Å². The molecule has 1 aliphatic heterocycles. The standard InChI is InChI=1S/C15H14ClNO4/c1-2-20-15(19)12-13(18)10-5-4-9(16)8-11(10)17-6-3-7-21-14(12)17/h4-5,8H,2-3,6-7H2,1H3. The van der Waals surface area contributed by atoms with Crippen molar-refractivity contribution in [1.29, 1.82) is 0 Å². The first-order valence-corrected chi connectivity index (χ1v) is 7.17. The number of nitrogens with zero attached hydrogens (tertiary/aromatic N) is 1. The van der Waals surface area contributed by atoms with E-state index in [4.69, 9.17) is 21.1 Å². The van der Waals surface area contributed by atoms with Crippen LogP contribution < -0.4 is 10.2 Å². The normalized spacial score (nSPS) is 13.6. The van der Waals surface area contributed by atoms with Crippen molar-refractivity contribution in [3.05, 3.63) is 39.0 Å². The highest BCUT2D eigenvalue weighted by Gasteiger charge is 2.26. The van der Waals surface area contributed by atoms with Crippen LogP contribution in [-0.2, 0) is 11.3 Å². The lowest BCUT2D eigenvalue weighted by Gasteiger charge is -2.24. The lowest BCUT2D eigenvalue weighted by atomic mass is 10.1. The third kappa shape index (κ3) is 2.27. The van der Waals surface area contributed by atoms with Gasteiger partial charge >= 0.3 is 5.97 Å². The smallest absolute Gasteiger partial charge is 0.347 e. The Morgan fingerprint density at radius 2 is 2.29 bits per heavy atom. The van der Waals surface area contributed by atoms with Crippen molar-refractivity contribution < 1.29 is 14.3 Å². The number of ether oxygens (including phenoxy) is 2. The Hall–Kier alpha value is -2.01. The van der Waals surface area contributed by atoms with E-state index >= 15 is 0 Å². The van der Waals surface area contributed by atoms with Gasteiger partial charge in [0.25, 0.3) is 0 Å². The van der Waals surface area contributed by atoms with E-state index in [0.717, 1.165) is 6.42 Å². The van der Waals surface area contributed by atoms with Gasteiger partial charge in [0.1, 0.15) is 0 Å². The van der Waals surface area contributed by atoms with Crippen molar-refractivity contribution in [3.8, 4) is 5.88 Å². The van der Waals surface area contributed by atoms with Crippen LogP contribution >= 0.6 is 11.6 Å². The van der Waals surface area contributed by atoms with E-state index in [-0.39, 0.29) is 23.5 Å². The van der Waals surface area contributed by atoms with Crippen LogP contribution in [-0.4, -0.2) is 23.8 Å². The van der Waals surface area contributed by atoms with E-state index in [2.05, 4.69) is 0 Å². The van der Waals surface area contributed by atoms with Crippen LogP contribution in [0.25, 0.3) is 10.9 Å². The zero-order valence-corrected chi connectivity index (χ0v) is 12.3. The number of carbonyl (C=O) groups is 1. The Bertz CT molecular complexity index is 781. The van der Waals surface area contributed by atoms with Gasteiger partial charge in [-0.25, -0.2) is 4.79 Å². The lowest BCUT2D eigenvalue weighted by Crippen LogP contribution is -2.27. The molecule has 0 amide bonds. The first-order chi connectivity index (χ1) is 10.1. The van der Waals surface area contributed by atoms with Crippen molar-refractivity contribution in [1.82, 2.24) is 4.57 Å². The number of esters is 1. The Kier molecular flexibility index (Phi) is 3.59. The number of halogens is 1. The average Bonchev–Trinajstić information content (AvgIpc) is 2.47. The van der Waals surface area contributed by atoms with Gasteiger partial charge in [-0.2, -0.15) is 0 Å². The molecule has 0 spiro atoms. The van der Waals surface area contributed by atoms with Crippen molar-refractivity contribution in [3.63, 3.8) is 0 Å². The van der Waals surface area contributed by atoms with E-state index in [1.807, 2.05) is 4.57 Å². The minimum absolute atomic E-state index is 0.0358. The van der Waals surface area contributed by atoms with E-state index in [1.165, 1.54) is 0 Å². The van der Waals surface area contributed by atoms with Gasteiger partial charge in [0.2, 0.25) is 11.3 Å². The van der Waals surface area contributed by atoms with Gasteiger partial charge in [0, 0.05) is 17.0 Å². The zero-order valence-electron chi connectivity index (χ0n) is 11.5. The summed E-state index contributed by atoms with van der Waals surface area (Å²) in [5, 5.41) is 0.975. The third-order valence-electron chi connectivity index (χ3n) is 3.43. The monoisotopic (exact) mass is 307 g/mol. The molecule has 0 atom stereocenters. The van der Waals surface area contributed by atoms with E-state index in [9.17, 15) is 9.59 Å². The summed E-state index contributed by atoms with van der Waals surface area (Å²) in [5.74, 6) is -0.371. The van der Waals surface area contributed by atoms with E-state index < -0.39 is 5.97 Å². The maximum Gasteiger partial charge on any atom is 0.347 e. The molecule has 2 heterocycles. The molecule has 0 radical (unpaired) electrons. The van der Waals surface area contributed by atoms with Gasteiger partial charge < -0.3 is 14.0 Å². The minimum atomic E-state index is -0.648. The second-order valence-electron chi connectivity index (χ2n) is 4.74. The van der Waals surface area contributed by atoms with E-state index in [0.29, 0.717) is 29.1 Å². The molecular formula is C15H14ClNO4. The van der Waals surface area contributed by atoms with Crippen molar-refractivity contribution in [2.75, 3.05) is 13.2 Å². The quantitative estimate of drug-likeness (QED) is 0.800. The highest BCUT2D eigenvalue weighted by molar-refractivity contribution is 6.31. The number of hydrogen-bond acceptors (Lipinski definition) is 4. The van der Waals surface area contributed by atoms with Gasteiger partial charge in [-0.3, -0.25) is 4.79 Å². The van der Waals surface area contributed by atoms with E-state index in [1.54, 1.807) is 25.1 Å². The van der Waals surface area contributed by atoms with Gasteiger partial charge in [-0.1, -0.05) is 11.6 Å². The molecule has 2 aromatic rings. The number of carbonyl (C=O) groups excluding carboxylic acids is 1. The summed E-state index contributed by atoms with van der Waals surface area (Å²) in [6.07, 6.45) is 0.805. The summed E-state index contributed by atoms with van der Waals surface area (Å²) in [6, 6.07) is 4.98. The molecular weight excluding hydrogens is 294 g/mol. The number of hydrogen-bond donors (Lipinski definition) is 0. The lowest BCUT2D eigenvalue weighted by molar-refractivity contribution is 0.0516. The number of pyridine rings is 1. The second-order valence-corrected chi connectivity index (χ2v) is 5.18. The summed E-state index contributed by atoms with van der Waals surface area (Å²) in [5.41, 5.74) is 0.259. The molecule has 0 unspecified atom stereocenters. The number of rotatable bonds is 2. The maximum absolute atomic E-state index is 12.6. The largest absolute Gasteiger partial charge is 0.478 e. The molecule has 0 saturated heterocycles. The molecule has 0 aliphatic carbocycles. The van der Waals surface area contributed by atoms with Crippen LogP contribution in [0.5, 0.6) is 5.88 Å². The van der Waals surface area contributed by atoms with Gasteiger partial charge in [0.15, 0.2) is 5.56 Å². The van der Waals surface area contributed by atoms with Crippen LogP contribution in [0.1, 0.15) is 23.7 Å². The van der Waals surface area contributed by atoms with Crippen LogP contribution in [0.2, 0.25) is 5.02 Å². The molecule has 0 saturated carbocycles. The zero-order chi connectivity index (χ0) is 15.0. The summed E-state index contributed by atoms with van der Waals surface area (Å²) in [7, 11) is 0. The molecule has 1 aliphatic rings. The van der Waals surface area contributed by atoms with Crippen molar-refractivity contribution in [2.24, 2.45) is 0 Å². The van der Waals surface area contributed by atoms with Crippen LogP contribution in [0, 0.1) is 0 Å². The summed E-state index contributed by atoms with van der Waals surface area (Å²) in [6.45, 7) is 3.04. The van der Waals surface area contributed by atoms with Crippen LogP contribution in [0.3, 0.4) is 0 Å². The molecule has 0 N–H and O–H groups in total. The first-order valence-electron chi connectivity index (χ1n) is 6.79. The fraction of sp³-hybridized carbons (Fsp3) is 0.333. The number of fused-ring (bicyclic) bond motifs is 3. The highest BCUT2D eigenvalue weighted by atomic mass is 35.5. The Balaban J connectivity index is 2.38. The summed E-state index contributed by atoms with van der Waals surface area (Å²) >= 11 is 6.02. The summed E-state index contributed by atoms with van der Waals surface area (Å²) in [4.78, 5) is 24.7. The Morgan fingerprint density at radius 3 is 3.05 bits per heavy atom. The van der Waals surface area contributed by atoms with Gasteiger partial charge in [-0.15, -0.1) is 0 Å². The Morgan fingerprint density at radius 1 is 1.48 bits per heavy atom. The first kappa shape index (κ1) is 13.9. The SMILES string of the molecule is CCOC(=O)c1c2n(c3cc(Cl)ccc3c1=O)CCCO2. The predicted octanol–water partition coefficient (Wildman–Crippen LogP) is 2.61. The molecule has 6 heteroatoms. The molecule has 3 rings (SSSR count). The topological polar surface area (TPSA) is 57.5 Å². The average molecular weight is 308 g/mol. The van der Waals surface area contributed by atoms with Crippen molar-refractivity contribution >= 4 is 28.5 Å². The number of aryl methyl sites for hydroxylation is 1. The van der Waals surface area contributed by atoms with Crippen LogP contribution in [0.15, 0.2) is 23.0 Å². The highest BCUT2D eigenvalue weighted by Crippen LogP contribution is 2.28. The number of benzene rings is 1. The van der Waals surface area contributed by atoms with Gasteiger partial charge in [-0.05, 0) is 31.5 Å². The maximum atomic E-state index is 12.6. The molecule has 5 nitrogen and oxygen atoms in total. The fourth-order valence-corrected chi connectivity index (χ4v) is 2.71. The summed E-state index contributed by atoms with van der Waals surface area (Å²) < 4.78 is 12.4. The van der Waals surface area contributed by atoms with Crippen LogP contribution in [0.4, 0.5) is 0 Å². The second kappa shape index (κ2) is 5.41. The predicted molar refractivity (Wildman–Crippen MR) is 79.3 cm³/mol. The molecule has 0 bridgehead atoms. The molecule has 110 valence electrons. The molecule has 1 aromatic carbocycles. The molecule has 21 heavy (non-hydrogen) atoms.